The van der Waals surface area contributed by atoms with Gasteiger partial charge in [0.05, 0.1) is 18.5 Å². The van der Waals surface area contributed by atoms with Crippen molar-refractivity contribution in [1.82, 2.24) is 30.7 Å². The standard InChI is InChI=1S/C10H14N6OS/c1-6-3-12-16-9(6)10(17)11-4-7-13-8(5-18-2)15-14-7/h3H,4-5H2,1-2H3,(H,11,17)(H,12,16)(H,13,14,15). The minimum absolute atomic E-state index is 0.201. The van der Waals surface area contributed by atoms with Crippen molar-refractivity contribution in [3.63, 3.8) is 0 Å². The van der Waals surface area contributed by atoms with Crippen LogP contribution in [0.2, 0.25) is 0 Å². The zero-order valence-corrected chi connectivity index (χ0v) is 11.0. The molecule has 3 N–H and O–H groups in total. The first-order valence-electron chi connectivity index (χ1n) is 5.38. The van der Waals surface area contributed by atoms with Gasteiger partial charge in [-0.3, -0.25) is 15.0 Å². The van der Waals surface area contributed by atoms with E-state index in [1.807, 2.05) is 13.2 Å². The molecule has 96 valence electrons. The van der Waals surface area contributed by atoms with Crippen LogP contribution < -0.4 is 5.32 Å². The minimum Gasteiger partial charge on any atom is -0.343 e. The molecule has 0 saturated heterocycles. The van der Waals surface area contributed by atoms with E-state index in [0.717, 1.165) is 17.1 Å². The van der Waals surface area contributed by atoms with Gasteiger partial charge in [-0.25, -0.2) is 4.98 Å². The minimum atomic E-state index is -0.201. The zero-order valence-electron chi connectivity index (χ0n) is 10.1. The van der Waals surface area contributed by atoms with Gasteiger partial charge in [0.15, 0.2) is 5.82 Å². The fraction of sp³-hybridized carbons (Fsp3) is 0.400. The molecule has 8 heteroatoms. The molecule has 0 saturated carbocycles. The number of nitrogens with one attached hydrogen (secondary N) is 3. The highest BCUT2D eigenvalue weighted by Crippen LogP contribution is 2.04. The monoisotopic (exact) mass is 266 g/mol. The number of aromatic nitrogens is 5. The van der Waals surface area contributed by atoms with Crippen LogP contribution in [0.4, 0.5) is 0 Å². The maximum Gasteiger partial charge on any atom is 0.269 e. The quantitative estimate of drug-likeness (QED) is 0.737. The highest BCUT2D eigenvalue weighted by molar-refractivity contribution is 7.97. The predicted octanol–water partition coefficient (Wildman–Crippen LogP) is 0.629. The number of rotatable bonds is 5. The van der Waals surface area contributed by atoms with E-state index in [-0.39, 0.29) is 5.91 Å². The van der Waals surface area contributed by atoms with Crippen molar-refractivity contribution < 1.29 is 4.79 Å². The van der Waals surface area contributed by atoms with Gasteiger partial charge in [0, 0.05) is 0 Å². The van der Waals surface area contributed by atoms with Gasteiger partial charge in [-0.15, -0.1) is 0 Å². The Morgan fingerprint density at radius 3 is 3.00 bits per heavy atom. The second kappa shape index (κ2) is 5.67. The summed E-state index contributed by atoms with van der Waals surface area (Å²) >= 11 is 1.65. The number of aromatic amines is 2. The maximum atomic E-state index is 11.8. The predicted molar refractivity (Wildman–Crippen MR) is 68.1 cm³/mol. The Hall–Kier alpha value is -1.83. The Balaban J connectivity index is 1.91. The molecule has 2 rings (SSSR count). The van der Waals surface area contributed by atoms with Crippen LogP contribution in [-0.4, -0.2) is 37.5 Å². The van der Waals surface area contributed by atoms with Crippen molar-refractivity contribution in [1.29, 1.82) is 0 Å². The van der Waals surface area contributed by atoms with Crippen LogP contribution in [0.3, 0.4) is 0 Å². The molecule has 2 aromatic rings. The van der Waals surface area contributed by atoms with E-state index in [2.05, 4.69) is 30.7 Å². The average Bonchev–Trinajstić information content (AvgIpc) is 2.96. The van der Waals surface area contributed by atoms with Crippen LogP contribution in [0.5, 0.6) is 0 Å². The molecule has 0 bridgehead atoms. The van der Waals surface area contributed by atoms with E-state index in [4.69, 9.17) is 0 Å². The molecule has 0 unspecified atom stereocenters. The van der Waals surface area contributed by atoms with Gasteiger partial charge in [0.25, 0.3) is 5.91 Å². The molecule has 0 radical (unpaired) electrons. The Labute approximate surface area is 108 Å². The lowest BCUT2D eigenvalue weighted by Crippen LogP contribution is -2.24. The van der Waals surface area contributed by atoms with Crippen molar-refractivity contribution in [3.8, 4) is 0 Å². The van der Waals surface area contributed by atoms with Crippen LogP contribution in [0, 0.1) is 6.92 Å². The molecule has 2 heterocycles. The molecule has 7 nitrogen and oxygen atoms in total. The van der Waals surface area contributed by atoms with Gasteiger partial charge in [0.1, 0.15) is 11.5 Å². The van der Waals surface area contributed by atoms with Crippen LogP contribution in [0.1, 0.15) is 27.7 Å². The smallest absolute Gasteiger partial charge is 0.269 e. The van der Waals surface area contributed by atoms with Crippen LogP contribution in [0.15, 0.2) is 6.20 Å². The first kappa shape index (κ1) is 12.6. The van der Waals surface area contributed by atoms with Crippen LogP contribution >= 0.6 is 11.8 Å². The van der Waals surface area contributed by atoms with E-state index in [1.54, 1.807) is 18.0 Å². The number of thioether (sulfide) groups is 1. The van der Waals surface area contributed by atoms with Gasteiger partial charge < -0.3 is 5.32 Å². The van der Waals surface area contributed by atoms with Crippen molar-refractivity contribution in [2.45, 2.75) is 19.2 Å². The third kappa shape index (κ3) is 2.89. The highest BCUT2D eigenvalue weighted by atomic mass is 32.2. The van der Waals surface area contributed by atoms with Gasteiger partial charge in [0.2, 0.25) is 0 Å². The molecule has 0 aliphatic rings. The SMILES string of the molecule is CSCc1n[nH]c(CNC(=O)c2[nH]ncc2C)n1. The Kier molecular flexibility index (Phi) is 3.98. The zero-order chi connectivity index (χ0) is 13.0. The normalized spacial score (nSPS) is 10.6. The van der Waals surface area contributed by atoms with E-state index in [9.17, 15) is 4.79 Å². The molecular weight excluding hydrogens is 252 g/mol. The molecule has 18 heavy (non-hydrogen) atoms. The van der Waals surface area contributed by atoms with Crippen LogP contribution in [-0.2, 0) is 12.3 Å². The lowest BCUT2D eigenvalue weighted by Gasteiger charge is -2.01. The average molecular weight is 266 g/mol. The summed E-state index contributed by atoms with van der Waals surface area (Å²) in [4.78, 5) is 16.0. The molecule has 0 atom stereocenters. The number of aryl methyl sites for hydroxylation is 1. The number of hydrogen-bond donors (Lipinski definition) is 3. The van der Waals surface area contributed by atoms with E-state index in [0.29, 0.717) is 18.1 Å². The van der Waals surface area contributed by atoms with E-state index >= 15 is 0 Å². The fourth-order valence-corrected chi connectivity index (χ4v) is 1.82. The first-order valence-corrected chi connectivity index (χ1v) is 6.77. The van der Waals surface area contributed by atoms with Crippen molar-refractivity contribution in [3.05, 3.63) is 29.1 Å². The highest BCUT2D eigenvalue weighted by Gasteiger charge is 2.11. The van der Waals surface area contributed by atoms with Crippen LogP contribution in [0.25, 0.3) is 0 Å². The molecule has 0 aliphatic carbocycles. The van der Waals surface area contributed by atoms with Gasteiger partial charge in [-0.05, 0) is 18.7 Å². The van der Waals surface area contributed by atoms with Gasteiger partial charge in [-0.1, -0.05) is 0 Å². The number of hydrogen-bond acceptors (Lipinski definition) is 5. The Morgan fingerprint density at radius 2 is 2.33 bits per heavy atom. The molecule has 0 spiro atoms. The van der Waals surface area contributed by atoms with Crippen molar-refractivity contribution in [2.24, 2.45) is 0 Å². The Bertz CT molecular complexity index is 534. The number of H-pyrrole nitrogens is 2. The fourth-order valence-electron chi connectivity index (χ4n) is 1.44. The number of nitrogens with zero attached hydrogens (tertiary/aromatic N) is 3. The first-order chi connectivity index (χ1) is 8.70. The van der Waals surface area contributed by atoms with Gasteiger partial charge >= 0.3 is 0 Å². The molecule has 0 aliphatic heterocycles. The summed E-state index contributed by atoms with van der Waals surface area (Å²) in [7, 11) is 0. The molecule has 0 aromatic carbocycles. The van der Waals surface area contributed by atoms with Crippen molar-refractivity contribution >= 4 is 17.7 Å². The van der Waals surface area contributed by atoms with E-state index in [1.165, 1.54) is 0 Å². The molecule has 1 amide bonds. The largest absolute Gasteiger partial charge is 0.343 e. The summed E-state index contributed by atoms with van der Waals surface area (Å²) < 4.78 is 0. The lowest BCUT2D eigenvalue weighted by molar-refractivity contribution is 0.0944. The number of amides is 1. The summed E-state index contributed by atoms with van der Waals surface area (Å²) in [5, 5.41) is 16.0. The molecular formula is C10H14N6OS. The maximum absolute atomic E-state index is 11.8. The van der Waals surface area contributed by atoms with Gasteiger partial charge in [-0.2, -0.15) is 22.0 Å². The third-order valence-electron chi connectivity index (χ3n) is 2.32. The summed E-state index contributed by atoms with van der Waals surface area (Å²) in [6, 6.07) is 0. The Morgan fingerprint density at radius 1 is 1.50 bits per heavy atom. The van der Waals surface area contributed by atoms with Crippen molar-refractivity contribution in [2.75, 3.05) is 6.26 Å². The third-order valence-corrected chi connectivity index (χ3v) is 2.87. The second-order valence-electron chi connectivity index (χ2n) is 3.74. The lowest BCUT2D eigenvalue weighted by atomic mass is 10.2. The topological polar surface area (TPSA) is 99.3 Å². The summed E-state index contributed by atoms with van der Waals surface area (Å²) in [6.07, 6.45) is 3.60. The second-order valence-corrected chi connectivity index (χ2v) is 4.61. The summed E-state index contributed by atoms with van der Waals surface area (Å²) in [5.41, 5.74) is 1.28. The number of carbonyl (C=O) groups is 1. The van der Waals surface area contributed by atoms with E-state index < -0.39 is 0 Å². The summed E-state index contributed by atoms with van der Waals surface area (Å²) in [5.74, 6) is 1.94. The summed E-state index contributed by atoms with van der Waals surface area (Å²) in [6.45, 7) is 2.14. The molecule has 0 fully saturated rings. The molecule has 2 aromatic heterocycles. The number of carbonyl (C=O) groups excluding carboxylic acids is 1.